The van der Waals surface area contributed by atoms with Gasteiger partial charge in [0.25, 0.3) is 5.91 Å². The average Bonchev–Trinajstić information content (AvgIpc) is 2.63. The lowest BCUT2D eigenvalue weighted by Crippen LogP contribution is -2.50. The van der Waals surface area contributed by atoms with E-state index in [1.54, 1.807) is 9.80 Å². The Morgan fingerprint density at radius 1 is 1.08 bits per heavy atom. The van der Waals surface area contributed by atoms with Gasteiger partial charge in [-0.2, -0.15) is 0 Å². The highest BCUT2D eigenvalue weighted by Crippen LogP contribution is 2.16. The van der Waals surface area contributed by atoms with Crippen molar-refractivity contribution in [2.45, 2.75) is 19.4 Å². The normalized spacial score (nSPS) is 15.6. The minimum atomic E-state index is -0.685. The van der Waals surface area contributed by atoms with Gasteiger partial charge in [0.05, 0.1) is 0 Å². The van der Waals surface area contributed by atoms with Gasteiger partial charge in [-0.15, -0.1) is 0 Å². The molecule has 1 fully saturated rings. The molecule has 1 aromatic rings. The fourth-order valence-corrected chi connectivity index (χ4v) is 2.84. The predicted octanol–water partition coefficient (Wildman–Crippen LogP) is 0.571. The fourth-order valence-electron chi connectivity index (χ4n) is 2.84. The number of piperazine rings is 1. The van der Waals surface area contributed by atoms with E-state index in [1.165, 1.54) is 14.0 Å². The average molecular weight is 347 g/mol. The van der Waals surface area contributed by atoms with Gasteiger partial charge in [0.2, 0.25) is 11.8 Å². The standard InChI is InChI=1S/C18H25N3O4/c1-14(22)20-10-12-21(13-11-20)16(23)8-9-19-18(24)17(25-2)15-6-4-3-5-7-15/h3-7,17H,8-13H2,1-2H3,(H,19,24)/t17-/m1/s1. The van der Waals surface area contributed by atoms with E-state index in [4.69, 9.17) is 4.74 Å². The fraction of sp³-hybridized carbons (Fsp3) is 0.500. The number of carbonyl (C=O) groups is 3. The molecule has 2 rings (SSSR count). The first-order valence-electron chi connectivity index (χ1n) is 8.41. The number of hydrogen-bond donors (Lipinski definition) is 1. The van der Waals surface area contributed by atoms with E-state index >= 15 is 0 Å². The van der Waals surface area contributed by atoms with Crippen LogP contribution >= 0.6 is 0 Å². The second-order valence-corrected chi connectivity index (χ2v) is 5.95. The van der Waals surface area contributed by atoms with Gasteiger partial charge < -0.3 is 19.9 Å². The maximum Gasteiger partial charge on any atom is 0.253 e. The van der Waals surface area contributed by atoms with Crippen LogP contribution < -0.4 is 5.32 Å². The van der Waals surface area contributed by atoms with E-state index in [1.807, 2.05) is 30.3 Å². The van der Waals surface area contributed by atoms with Gasteiger partial charge in [-0.3, -0.25) is 14.4 Å². The third kappa shape index (κ3) is 5.29. The van der Waals surface area contributed by atoms with E-state index in [0.717, 1.165) is 5.56 Å². The molecule has 0 bridgehead atoms. The lowest BCUT2D eigenvalue weighted by atomic mass is 10.1. The second-order valence-electron chi connectivity index (χ2n) is 5.95. The summed E-state index contributed by atoms with van der Waals surface area (Å²) in [5, 5.41) is 2.75. The van der Waals surface area contributed by atoms with Crippen LogP contribution in [-0.2, 0) is 19.1 Å². The summed E-state index contributed by atoms with van der Waals surface area (Å²) in [5.74, 6) is -0.244. The SMILES string of the molecule is CO[C@@H](C(=O)NCCC(=O)N1CCN(C(C)=O)CC1)c1ccccc1. The van der Waals surface area contributed by atoms with Crippen molar-refractivity contribution in [3.63, 3.8) is 0 Å². The number of methoxy groups -OCH3 is 1. The van der Waals surface area contributed by atoms with Crippen LogP contribution in [0, 0.1) is 0 Å². The van der Waals surface area contributed by atoms with Crippen LogP contribution in [0.2, 0.25) is 0 Å². The topological polar surface area (TPSA) is 79.0 Å². The molecule has 7 nitrogen and oxygen atoms in total. The molecule has 0 unspecified atom stereocenters. The van der Waals surface area contributed by atoms with Gasteiger partial charge in [0.1, 0.15) is 0 Å². The Morgan fingerprint density at radius 2 is 1.68 bits per heavy atom. The van der Waals surface area contributed by atoms with Gasteiger partial charge in [0.15, 0.2) is 6.10 Å². The minimum Gasteiger partial charge on any atom is -0.367 e. The van der Waals surface area contributed by atoms with Crippen LogP contribution in [0.25, 0.3) is 0 Å². The smallest absolute Gasteiger partial charge is 0.253 e. The summed E-state index contributed by atoms with van der Waals surface area (Å²) in [4.78, 5) is 39.2. The van der Waals surface area contributed by atoms with E-state index in [0.29, 0.717) is 26.2 Å². The molecule has 25 heavy (non-hydrogen) atoms. The van der Waals surface area contributed by atoms with E-state index in [2.05, 4.69) is 5.32 Å². The molecule has 1 saturated heterocycles. The van der Waals surface area contributed by atoms with Crippen molar-refractivity contribution < 1.29 is 19.1 Å². The number of benzene rings is 1. The third-order valence-electron chi connectivity index (χ3n) is 4.29. The minimum absolute atomic E-state index is 0.0165. The van der Waals surface area contributed by atoms with Crippen molar-refractivity contribution in [1.82, 2.24) is 15.1 Å². The maximum atomic E-state index is 12.2. The molecule has 1 N–H and O–H groups in total. The second kappa shape index (κ2) is 9.17. The van der Waals surface area contributed by atoms with Gasteiger partial charge >= 0.3 is 0 Å². The zero-order chi connectivity index (χ0) is 18.2. The summed E-state index contributed by atoms with van der Waals surface area (Å²) in [6.07, 6.45) is -0.452. The quantitative estimate of drug-likeness (QED) is 0.816. The van der Waals surface area contributed by atoms with E-state index in [9.17, 15) is 14.4 Å². The van der Waals surface area contributed by atoms with E-state index < -0.39 is 6.10 Å². The number of rotatable bonds is 6. The Morgan fingerprint density at radius 3 is 2.24 bits per heavy atom. The Balaban J connectivity index is 1.75. The lowest BCUT2D eigenvalue weighted by molar-refractivity contribution is -0.138. The van der Waals surface area contributed by atoms with Crippen molar-refractivity contribution in [2.75, 3.05) is 39.8 Å². The van der Waals surface area contributed by atoms with Crippen molar-refractivity contribution in [2.24, 2.45) is 0 Å². The molecule has 0 aliphatic carbocycles. The largest absolute Gasteiger partial charge is 0.367 e. The summed E-state index contributed by atoms with van der Waals surface area (Å²) in [7, 11) is 1.48. The molecule has 0 spiro atoms. The van der Waals surface area contributed by atoms with Crippen molar-refractivity contribution >= 4 is 17.7 Å². The first-order valence-corrected chi connectivity index (χ1v) is 8.41. The molecule has 0 saturated carbocycles. The van der Waals surface area contributed by atoms with Crippen LogP contribution in [0.4, 0.5) is 0 Å². The zero-order valence-corrected chi connectivity index (χ0v) is 14.7. The molecule has 0 radical (unpaired) electrons. The number of nitrogens with zero attached hydrogens (tertiary/aromatic N) is 2. The number of amides is 3. The summed E-state index contributed by atoms with van der Waals surface area (Å²) in [5.41, 5.74) is 0.772. The Kier molecular flexibility index (Phi) is 6.94. The van der Waals surface area contributed by atoms with Crippen molar-refractivity contribution in [1.29, 1.82) is 0 Å². The third-order valence-corrected chi connectivity index (χ3v) is 4.29. The molecular weight excluding hydrogens is 322 g/mol. The van der Waals surface area contributed by atoms with Gasteiger partial charge in [0, 0.05) is 53.2 Å². The van der Waals surface area contributed by atoms with Crippen LogP contribution in [0.5, 0.6) is 0 Å². The highest BCUT2D eigenvalue weighted by Gasteiger charge is 2.23. The summed E-state index contributed by atoms with van der Waals surface area (Å²) in [6.45, 7) is 4.00. The molecular formula is C18H25N3O4. The Labute approximate surface area is 147 Å². The number of ether oxygens (including phenoxy) is 1. The highest BCUT2D eigenvalue weighted by molar-refractivity contribution is 5.83. The summed E-state index contributed by atoms with van der Waals surface area (Å²) < 4.78 is 5.26. The van der Waals surface area contributed by atoms with Gasteiger partial charge in [-0.05, 0) is 5.56 Å². The Hall–Kier alpha value is -2.41. The van der Waals surface area contributed by atoms with Crippen LogP contribution in [-0.4, -0.2) is 67.4 Å². The highest BCUT2D eigenvalue weighted by atomic mass is 16.5. The number of carbonyl (C=O) groups excluding carboxylic acids is 3. The number of hydrogen-bond acceptors (Lipinski definition) is 4. The van der Waals surface area contributed by atoms with Crippen LogP contribution in [0.3, 0.4) is 0 Å². The molecule has 0 aromatic heterocycles. The van der Waals surface area contributed by atoms with Crippen molar-refractivity contribution in [3.05, 3.63) is 35.9 Å². The van der Waals surface area contributed by atoms with Gasteiger partial charge in [-0.1, -0.05) is 30.3 Å². The van der Waals surface area contributed by atoms with Gasteiger partial charge in [-0.25, -0.2) is 0 Å². The molecule has 7 heteroatoms. The van der Waals surface area contributed by atoms with Crippen LogP contribution in [0.1, 0.15) is 25.0 Å². The molecule has 1 aliphatic rings. The van der Waals surface area contributed by atoms with Crippen molar-refractivity contribution in [3.8, 4) is 0 Å². The summed E-state index contributed by atoms with van der Waals surface area (Å²) >= 11 is 0. The predicted molar refractivity (Wildman–Crippen MR) is 92.7 cm³/mol. The van der Waals surface area contributed by atoms with Crippen LogP contribution in [0.15, 0.2) is 30.3 Å². The van der Waals surface area contributed by atoms with E-state index in [-0.39, 0.29) is 30.7 Å². The molecule has 1 aliphatic heterocycles. The molecule has 1 aromatic carbocycles. The molecule has 1 atom stereocenters. The number of nitrogens with one attached hydrogen (secondary N) is 1. The summed E-state index contributed by atoms with van der Waals surface area (Å²) in [6, 6.07) is 9.22. The molecule has 3 amide bonds. The maximum absolute atomic E-state index is 12.2. The lowest BCUT2D eigenvalue weighted by Gasteiger charge is -2.34. The monoisotopic (exact) mass is 347 g/mol. The first-order chi connectivity index (χ1) is 12.0. The first kappa shape index (κ1) is 18.9. The molecule has 136 valence electrons. The zero-order valence-electron chi connectivity index (χ0n) is 14.7. The molecule has 1 heterocycles. The Bertz CT molecular complexity index is 598.